The smallest absolute Gasteiger partial charge is 0.269 e. The molecule has 0 aliphatic heterocycles. The third kappa shape index (κ3) is 4.77. The second-order valence-electron chi connectivity index (χ2n) is 5.99. The van der Waals surface area contributed by atoms with Gasteiger partial charge >= 0.3 is 0 Å². The standard InChI is InChI=1S/C19H19N5O3/c1-13(12-25)20-19-22-17(14-5-3-2-4-6-14)11-18(23-19)21-15-7-9-16(10-8-15)24(26)27/h2-11,13,25H,12H2,1H3,(H2,20,21,22,23)/t13-/m1/s1. The van der Waals surface area contributed by atoms with Crippen molar-refractivity contribution in [2.45, 2.75) is 13.0 Å². The fourth-order valence-electron chi connectivity index (χ4n) is 2.41. The molecule has 8 heteroatoms. The maximum atomic E-state index is 10.8. The molecule has 0 aliphatic rings. The van der Waals surface area contributed by atoms with Crippen molar-refractivity contribution in [3.8, 4) is 11.3 Å². The third-order valence-electron chi connectivity index (χ3n) is 3.80. The Labute approximate surface area is 156 Å². The molecule has 0 saturated carbocycles. The lowest BCUT2D eigenvalue weighted by Crippen LogP contribution is -2.21. The largest absolute Gasteiger partial charge is 0.394 e. The molecule has 2 aromatic carbocycles. The summed E-state index contributed by atoms with van der Waals surface area (Å²) in [6.07, 6.45) is 0. The number of nitro benzene ring substituents is 1. The third-order valence-corrected chi connectivity index (χ3v) is 3.80. The van der Waals surface area contributed by atoms with E-state index in [1.807, 2.05) is 37.3 Å². The van der Waals surface area contributed by atoms with E-state index in [1.54, 1.807) is 18.2 Å². The van der Waals surface area contributed by atoms with E-state index in [4.69, 9.17) is 0 Å². The van der Waals surface area contributed by atoms with Crippen molar-refractivity contribution in [2.24, 2.45) is 0 Å². The Kier molecular flexibility index (Phi) is 5.58. The number of nitrogens with zero attached hydrogens (tertiary/aromatic N) is 3. The summed E-state index contributed by atoms with van der Waals surface area (Å²) >= 11 is 0. The van der Waals surface area contributed by atoms with Crippen LogP contribution in [-0.4, -0.2) is 32.6 Å². The molecule has 8 nitrogen and oxygen atoms in total. The molecule has 0 aliphatic carbocycles. The van der Waals surface area contributed by atoms with E-state index in [1.165, 1.54) is 12.1 Å². The molecule has 3 aromatic rings. The van der Waals surface area contributed by atoms with E-state index < -0.39 is 4.92 Å². The fourth-order valence-corrected chi connectivity index (χ4v) is 2.41. The van der Waals surface area contributed by atoms with E-state index in [0.717, 1.165) is 5.56 Å². The van der Waals surface area contributed by atoms with Crippen LogP contribution in [0.1, 0.15) is 6.92 Å². The van der Waals surface area contributed by atoms with Crippen LogP contribution in [0.2, 0.25) is 0 Å². The molecule has 27 heavy (non-hydrogen) atoms. The Balaban J connectivity index is 1.93. The number of rotatable bonds is 7. The van der Waals surface area contributed by atoms with Gasteiger partial charge in [0.15, 0.2) is 0 Å². The number of hydrogen-bond acceptors (Lipinski definition) is 7. The Morgan fingerprint density at radius 3 is 2.44 bits per heavy atom. The first-order chi connectivity index (χ1) is 13.0. The number of nitro groups is 1. The molecular weight excluding hydrogens is 346 g/mol. The molecule has 0 spiro atoms. The van der Waals surface area contributed by atoms with Crippen LogP contribution in [0.15, 0.2) is 60.7 Å². The van der Waals surface area contributed by atoms with Gasteiger partial charge in [-0.2, -0.15) is 4.98 Å². The van der Waals surface area contributed by atoms with Crippen molar-refractivity contribution in [2.75, 3.05) is 17.2 Å². The summed E-state index contributed by atoms with van der Waals surface area (Å²) < 4.78 is 0. The SMILES string of the molecule is C[C@H](CO)Nc1nc(Nc2ccc([N+](=O)[O-])cc2)cc(-c2ccccc2)n1. The van der Waals surface area contributed by atoms with Gasteiger partial charge in [0.25, 0.3) is 5.69 Å². The van der Waals surface area contributed by atoms with E-state index in [0.29, 0.717) is 23.1 Å². The minimum absolute atomic E-state index is 0.0207. The minimum Gasteiger partial charge on any atom is -0.394 e. The van der Waals surface area contributed by atoms with Gasteiger partial charge in [-0.15, -0.1) is 0 Å². The number of nitrogens with one attached hydrogen (secondary N) is 2. The number of non-ortho nitro benzene ring substituents is 1. The zero-order valence-electron chi connectivity index (χ0n) is 14.7. The van der Waals surface area contributed by atoms with Crippen LogP contribution in [0.3, 0.4) is 0 Å². The van der Waals surface area contributed by atoms with E-state index in [9.17, 15) is 15.2 Å². The molecule has 0 bridgehead atoms. The van der Waals surface area contributed by atoms with E-state index in [-0.39, 0.29) is 18.3 Å². The second kappa shape index (κ2) is 8.24. The minimum atomic E-state index is -0.444. The highest BCUT2D eigenvalue weighted by Crippen LogP contribution is 2.24. The van der Waals surface area contributed by atoms with Crippen molar-refractivity contribution in [3.05, 3.63) is 70.8 Å². The van der Waals surface area contributed by atoms with Crippen LogP contribution in [0.4, 0.5) is 23.1 Å². The molecule has 0 fully saturated rings. The monoisotopic (exact) mass is 365 g/mol. The highest BCUT2D eigenvalue weighted by Gasteiger charge is 2.10. The van der Waals surface area contributed by atoms with Crippen LogP contribution >= 0.6 is 0 Å². The molecule has 1 atom stereocenters. The van der Waals surface area contributed by atoms with Crippen LogP contribution in [0.25, 0.3) is 11.3 Å². The van der Waals surface area contributed by atoms with Crippen molar-refractivity contribution < 1.29 is 10.0 Å². The Morgan fingerprint density at radius 2 is 1.81 bits per heavy atom. The molecular formula is C19H19N5O3. The molecule has 0 saturated heterocycles. The number of aliphatic hydroxyl groups is 1. The average molecular weight is 365 g/mol. The number of anilines is 3. The van der Waals surface area contributed by atoms with Gasteiger partial charge in [-0.3, -0.25) is 10.1 Å². The van der Waals surface area contributed by atoms with Gasteiger partial charge in [-0.1, -0.05) is 30.3 Å². The lowest BCUT2D eigenvalue weighted by atomic mass is 10.1. The number of aromatic nitrogens is 2. The first-order valence-corrected chi connectivity index (χ1v) is 8.38. The van der Waals surface area contributed by atoms with Crippen LogP contribution < -0.4 is 10.6 Å². The van der Waals surface area contributed by atoms with Crippen molar-refractivity contribution in [1.82, 2.24) is 9.97 Å². The summed E-state index contributed by atoms with van der Waals surface area (Å²) in [6.45, 7) is 1.77. The van der Waals surface area contributed by atoms with Crippen LogP contribution in [0.5, 0.6) is 0 Å². The van der Waals surface area contributed by atoms with Crippen LogP contribution in [-0.2, 0) is 0 Å². The highest BCUT2D eigenvalue weighted by atomic mass is 16.6. The first kappa shape index (κ1) is 18.3. The van der Waals surface area contributed by atoms with Crippen molar-refractivity contribution in [3.63, 3.8) is 0 Å². The summed E-state index contributed by atoms with van der Waals surface area (Å²) in [7, 11) is 0. The van der Waals surface area contributed by atoms with Crippen molar-refractivity contribution in [1.29, 1.82) is 0 Å². The highest BCUT2D eigenvalue weighted by molar-refractivity contribution is 5.67. The predicted octanol–water partition coefficient (Wildman–Crippen LogP) is 3.59. The summed E-state index contributed by atoms with van der Waals surface area (Å²) in [5.41, 5.74) is 2.32. The lowest BCUT2D eigenvalue weighted by molar-refractivity contribution is -0.384. The van der Waals surface area contributed by atoms with Gasteiger partial charge in [-0.25, -0.2) is 4.98 Å². The molecule has 3 rings (SSSR count). The zero-order valence-corrected chi connectivity index (χ0v) is 14.7. The first-order valence-electron chi connectivity index (χ1n) is 8.38. The molecule has 0 amide bonds. The predicted molar refractivity (Wildman–Crippen MR) is 104 cm³/mol. The Hall–Kier alpha value is -3.52. The Morgan fingerprint density at radius 1 is 1.11 bits per heavy atom. The summed E-state index contributed by atoms with van der Waals surface area (Å²) in [5, 5.41) is 26.2. The number of benzene rings is 2. The van der Waals surface area contributed by atoms with E-state index >= 15 is 0 Å². The van der Waals surface area contributed by atoms with Gasteiger partial charge in [0.05, 0.1) is 17.2 Å². The summed E-state index contributed by atoms with van der Waals surface area (Å²) in [5.74, 6) is 0.910. The number of aliphatic hydroxyl groups excluding tert-OH is 1. The molecule has 138 valence electrons. The van der Waals surface area contributed by atoms with Gasteiger partial charge in [0.2, 0.25) is 5.95 Å². The van der Waals surface area contributed by atoms with Crippen molar-refractivity contribution >= 4 is 23.1 Å². The maximum Gasteiger partial charge on any atom is 0.269 e. The normalized spacial score (nSPS) is 11.6. The van der Waals surface area contributed by atoms with Gasteiger partial charge in [0.1, 0.15) is 5.82 Å². The van der Waals surface area contributed by atoms with Crippen LogP contribution in [0, 0.1) is 10.1 Å². The zero-order chi connectivity index (χ0) is 19.2. The average Bonchev–Trinajstić information content (AvgIpc) is 2.69. The van der Waals surface area contributed by atoms with Gasteiger partial charge in [0, 0.05) is 35.5 Å². The molecule has 0 unspecified atom stereocenters. The molecule has 3 N–H and O–H groups in total. The Bertz CT molecular complexity index is 916. The molecule has 1 aromatic heterocycles. The summed E-state index contributed by atoms with van der Waals surface area (Å²) in [4.78, 5) is 19.3. The van der Waals surface area contributed by atoms with Gasteiger partial charge in [-0.05, 0) is 19.1 Å². The molecule has 0 radical (unpaired) electrons. The lowest BCUT2D eigenvalue weighted by Gasteiger charge is -2.14. The topological polar surface area (TPSA) is 113 Å². The molecule has 1 heterocycles. The summed E-state index contributed by atoms with van der Waals surface area (Å²) in [6, 6.07) is 17.3. The quantitative estimate of drug-likeness (QED) is 0.433. The van der Waals surface area contributed by atoms with Gasteiger partial charge < -0.3 is 15.7 Å². The number of hydrogen-bond donors (Lipinski definition) is 3. The van der Waals surface area contributed by atoms with E-state index in [2.05, 4.69) is 20.6 Å². The fraction of sp³-hybridized carbons (Fsp3) is 0.158. The maximum absolute atomic E-state index is 10.8. The second-order valence-corrected chi connectivity index (χ2v) is 5.99.